The van der Waals surface area contributed by atoms with Crippen LogP contribution in [-0.2, 0) is 0 Å². The van der Waals surface area contributed by atoms with Gasteiger partial charge in [-0.05, 0) is 35.0 Å². The highest BCUT2D eigenvalue weighted by Gasteiger charge is 1.96. The zero-order valence-corrected chi connectivity index (χ0v) is 7.67. The van der Waals surface area contributed by atoms with Gasteiger partial charge in [-0.2, -0.15) is 0 Å². The molecular weight excluding hydrogens is 204 g/mol. The van der Waals surface area contributed by atoms with E-state index in [1.54, 1.807) is 0 Å². The van der Waals surface area contributed by atoms with Gasteiger partial charge >= 0.3 is 0 Å². The predicted octanol–water partition coefficient (Wildman–Crippen LogP) is 2.41. The van der Waals surface area contributed by atoms with Gasteiger partial charge in [0.05, 0.1) is 0 Å². The Bertz CT molecular complexity index is 392. The third kappa shape index (κ3) is 1.05. The minimum atomic E-state index is 0.991. The molecule has 0 aliphatic heterocycles. The van der Waals surface area contributed by atoms with Gasteiger partial charge in [0.2, 0.25) is 0 Å². The second kappa shape index (κ2) is 2.34. The van der Waals surface area contributed by atoms with Crippen molar-refractivity contribution in [1.29, 1.82) is 0 Å². The molecule has 11 heavy (non-hydrogen) atoms. The molecule has 56 valence electrons. The lowest BCUT2D eigenvalue weighted by Gasteiger charge is -1.95. The van der Waals surface area contributed by atoms with Crippen LogP contribution >= 0.6 is 15.9 Å². The number of hydrogen-bond donors (Lipinski definition) is 0. The van der Waals surface area contributed by atoms with Crippen LogP contribution in [0.15, 0.2) is 29.0 Å². The fourth-order valence-electron chi connectivity index (χ4n) is 1.08. The fourth-order valence-corrected chi connectivity index (χ4v) is 1.41. The predicted molar refractivity (Wildman–Crippen MR) is 47.6 cm³/mol. The Balaban J connectivity index is 2.87. The third-order valence-corrected chi connectivity index (χ3v) is 2.12. The quantitative estimate of drug-likeness (QED) is 0.653. The summed E-state index contributed by atoms with van der Waals surface area (Å²) in [5.74, 6) is 0. The molecule has 0 bridgehead atoms. The standard InChI is InChI=1S/C8H7BrN2/c1-6-4-10-8-3-2-7(9)5-11(6)8/h2-5H,1H3. The van der Waals surface area contributed by atoms with Crippen molar-refractivity contribution in [2.75, 3.05) is 0 Å². The molecule has 0 aromatic carbocycles. The largest absolute Gasteiger partial charge is 0.303 e. The van der Waals surface area contributed by atoms with Crippen LogP contribution in [0.1, 0.15) is 5.69 Å². The van der Waals surface area contributed by atoms with Crippen molar-refractivity contribution in [1.82, 2.24) is 9.38 Å². The molecule has 0 saturated heterocycles. The maximum atomic E-state index is 4.20. The summed E-state index contributed by atoms with van der Waals surface area (Å²) >= 11 is 3.40. The molecule has 0 N–H and O–H groups in total. The van der Waals surface area contributed by atoms with Gasteiger partial charge in [-0.3, -0.25) is 0 Å². The van der Waals surface area contributed by atoms with Crippen LogP contribution < -0.4 is 0 Å². The average molecular weight is 211 g/mol. The van der Waals surface area contributed by atoms with E-state index in [0.29, 0.717) is 0 Å². The Morgan fingerprint density at radius 1 is 1.45 bits per heavy atom. The van der Waals surface area contributed by atoms with E-state index in [0.717, 1.165) is 15.8 Å². The van der Waals surface area contributed by atoms with E-state index < -0.39 is 0 Å². The van der Waals surface area contributed by atoms with Crippen molar-refractivity contribution in [3.8, 4) is 0 Å². The lowest BCUT2D eigenvalue weighted by Crippen LogP contribution is -1.85. The number of aromatic nitrogens is 2. The maximum Gasteiger partial charge on any atom is 0.136 e. The van der Waals surface area contributed by atoms with Crippen LogP contribution in [0.3, 0.4) is 0 Å². The lowest BCUT2D eigenvalue weighted by atomic mass is 10.4. The Labute approximate surface area is 73.0 Å². The molecule has 0 radical (unpaired) electrons. The van der Waals surface area contributed by atoms with E-state index in [-0.39, 0.29) is 0 Å². The smallest absolute Gasteiger partial charge is 0.136 e. The summed E-state index contributed by atoms with van der Waals surface area (Å²) in [5.41, 5.74) is 2.15. The van der Waals surface area contributed by atoms with Crippen molar-refractivity contribution in [2.45, 2.75) is 6.92 Å². The molecule has 0 aliphatic carbocycles. The second-order valence-corrected chi connectivity index (χ2v) is 3.39. The molecule has 2 heterocycles. The first-order valence-corrected chi connectivity index (χ1v) is 4.16. The van der Waals surface area contributed by atoms with E-state index in [1.165, 1.54) is 0 Å². The van der Waals surface area contributed by atoms with Crippen molar-refractivity contribution in [2.24, 2.45) is 0 Å². The van der Waals surface area contributed by atoms with Crippen molar-refractivity contribution < 1.29 is 0 Å². The zero-order valence-electron chi connectivity index (χ0n) is 6.08. The van der Waals surface area contributed by atoms with Gasteiger partial charge in [0.25, 0.3) is 0 Å². The van der Waals surface area contributed by atoms with Crippen LogP contribution in [0.25, 0.3) is 5.65 Å². The molecule has 3 heteroatoms. The Kier molecular flexibility index (Phi) is 1.46. The molecule has 0 saturated carbocycles. The number of fused-ring (bicyclic) bond motifs is 1. The van der Waals surface area contributed by atoms with Gasteiger partial charge in [0, 0.05) is 22.6 Å². The number of hydrogen-bond acceptors (Lipinski definition) is 1. The highest BCUT2D eigenvalue weighted by molar-refractivity contribution is 9.10. The average Bonchev–Trinajstić information content (AvgIpc) is 2.33. The summed E-state index contributed by atoms with van der Waals surface area (Å²) in [5, 5.41) is 0. The fraction of sp³-hybridized carbons (Fsp3) is 0.125. The van der Waals surface area contributed by atoms with Gasteiger partial charge in [0.15, 0.2) is 0 Å². The summed E-state index contributed by atoms with van der Waals surface area (Å²) in [4.78, 5) is 4.20. The number of aryl methyl sites for hydroxylation is 1. The van der Waals surface area contributed by atoms with Gasteiger partial charge in [-0.25, -0.2) is 4.98 Å². The molecule has 2 aromatic rings. The van der Waals surface area contributed by atoms with Crippen LogP contribution in [0, 0.1) is 6.92 Å². The highest BCUT2D eigenvalue weighted by atomic mass is 79.9. The first-order valence-electron chi connectivity index (χ1n) is 3.36. The number of halogens is 1. The summed E-state index contributed by atoms with van der Waals surface area (Å²) in [6.45, 7) is 2.03. The molecule has 0 unspecified atom stereocenters. The first-order chi connectivity index (χ1) is 5.27. The summed E-state index contributed by atoms with van der Waals surface area (Å²) in [6.07, 6.45) is 3.87. The molecule has 0 atom stereocenters. The Morgan fingerprint density at radius 3 is 3.09 bits per heavy atom. The molecule has 0 aliphatic rings. The Morgan fingerprint density at radius 2 is 2.27 bits per heavy atom. The minimum Gasteiger partial charge on any atom is -0.303 e. The topological polar surface area (TPSA) is 17.3 Å². The third-order valence-electron chi connectivity index (χ3n) is 1.65. The van der Waals surface area contributed by atoms with E-state index >= 15 is 0 Å². The number of nitrogens with zero attached hydrogens (tertiary/aromatic N) is 2. The van der Waals surface area contributed by atoms with Gasteiger partial charge in [0.1, 0.15) is 5.65 Å². The van der Waals surface area contributed by atoms with E-state index in [9.17, 15) is 0 Å². The zero-order chi connectivity index (χ0) is 7.84. The van der Waals surface area contributed by atoms with E-state index in [4.69, 9.17) is 0 Å². The van der Waals surface area contributed by atoms with E-state index in [1.807, 2.05) is 35.9 Å². The summed E-state index contributed by atoms with van der Waals surface area (Å²) in [7, 11) is 0. The lowest BCUT2D eigenvalue weighted by molar-refractivity contribution is 1.10. The van der Waals surface area contributed by atoms with Crippen LogP contribution in [0.2, 0.25) is 0 Å². The molecule has 0 fully saturated rings. The van der Waals surface area contributed by atoms with Gasteiger partial charge in [-0.15, -0.1) is 0 Å². The summed E-state index contributed by atoms with van der Waals surface area (Å²) in [6, 6.07) is 3.97. The Hall–Kier alpha value is -0.830. The maximum absolute atomic E-state index is 4.20. The molecule has 2 nitrogen and oxygen atoms in total. The van der Waals surface area contributed by atoms with Gasteiger partial charge < -0.3 is 4.40 Å². The van der Waals surface area contributed by atoms with Crippen molar-refractivity contribution in [3.05, 3.63) is 34.7 Å². The molecule has 2 rings (SSSR count). The van der Waals surface area contributed by atoms with Crippen LogP contribution in [0.5, 0.6) is 0 Å². The highest BCUT2D eigenvalue weighted by Crippen LogP contribution is 2.12. The van der Waals surface area contributed by atoms with Crippen molar-refractivity contribution in [3.63, 3.8) is 0 Å². The van der Waals surface area contributed by atoms with Crippen LogP contribution in [-0.4, -0.2) is 9.38 Å². The van der Waals surface area contributed by atoms with Gasteiger partial charge in [-0.1, -0.05) is 0 Å². The number of pyridine rings is 1. The van der Waals surface area contributed by atoms with Crippen LogP contribution in [0.4, 0.5) is 0 Å². The molecule has 0 spiro atoms. The first kappa shape index (κ1) is 6.85. The second-order valence-electron chi connectivity index (χ2n) is 2.48. The normalized spacial score (nSPS) is 10.7. The number of imidazole rings is 1. The molecular formula is C8H7BrN2. The monoisotopic (exact) mass is 210 g/mol. The molecule has 2 aromatic heterocycles. The SMILES string of the molecule is Cc1cnc2ccc(Br)cn12. The number of rotatable bonds is 0. The minimum absolute atomic E-state index is 0.991. The van der Waals surface area contributed by atoms with Crippen molar-refractivity contribution >= 4 is 21.6 Å². The van der Waals surface area contributed by atoms with E-state index in [2.05, 4.69) is 20.9 Å². The molecule has 0 amide bonds. The summed E-state index contributed by atoms with van der Waals surface area (Å²) < 4.78 is 3.12.